The molecule has 0 atom stereocenters. The van der Waals surface area contributed by atoms with E-state index in [9.17, 15) is 9.59 Å². The van der Waals surface area contributed by atoms with Gasteiger partial charge in [0.1, 0.15) is 11.5 Å². The molecule has 0 saturated carbocycles. The summed E-state index contributed by atoms with van der Waals surface area (Å²) in [5, 5.41) is 0.588. The van der Waals surface area contributed by atoms with E-state index in [0.29, 0.717) is 28.5 Å². The summed E-state index contributed by atoms with van der Waals surface area (Å²) in [4.78, 5) is 24.2. The van der Waals surface area contributed by atoms with Gasteiger partial charge in [0, 0.05) is 17.0 Å². The van der Waals surface area contributed by atoms with Crippen LogP contribution in [0.2, 0.25) is 5.02 Å². The first kappa shape index (κ1) is 19.0. The van der Waals surface area contributed by atoms with Gasteiger partial charge in [-0.1, -0.05) is 18.5 Å². The van der Waals surface area contributed by atoms with Crippen molar-refractivity contribution in [2.75, 3.05) is 0 Å². The Labute approximate surface area is 152 Å². The fourth-order valence-electron chi connectivity index (χ4n) is 2.15. The lowest BCUT2D eigenvalue weighted by Gasteiger charge is -2.24. The third-order valence-corrected chi connectivity index (χ3v) is 3.79. The lowest BCUT2D eigenvalue weighted by atomic mass is 10.1. The van der Waals surface area contributed by atoms with Crippen molar-refractivity contribution in [1.29, 1.82) is 0 Å². The van der Waals surface area contributed by atoms with Gasteiger partial charge in [-0.05, 0) is 68.8 Å². The van der Waals surface area contributed by atoms with Crippen LogP contribution in [0.3, 0.4) is 0 Å². The first-order valence-electron chi connectivity index (χ1n) is 8.12. The molecule has 0 unspecified atom stereocenters. The Kier molecular flexibility index (Phi) is 6.21. The minimum absolute atomic E-state index is 0.0757. The van der Waals surface area contributed by atoms with Gasteiger partial charge in [0.05, 0.1) is 0 Å². The molecule has 0 bridgehead atoms. The second-order valence-corrected chi connectivity index (χ2v) is 6.59. The Balaban J connectivity index is 2.02. The fourth-order valence-corrected chi connectivity index (χ4v) is 2.28. The van der Waals surface area contributed by atoms with Gasteiger partial charge < -0.3 is 9.47 Å². The molecule has 0 amide bonds. The summed E-state index contributed by atoms with van der Waals surface area (Å²) in [6, 6.07) is 13.3. The van der Waals surface area contributed by atoms with Gasteiger partial charge in [-0.15, -0.1) is 0 Å². The summed E-state index contributed by atoms with van der Waals surface area (Å²) < 4.78 is 11.1. The highest BCUT2D eigenvalue weighted by Crippen LogP contribution is 2.23. The van der Waals surface area contributed by atoms with Crippen LogP contribution in [0.5, 0.6) is 11.5 Å². The second kappa shape index (κ2) is 8.17. The number of ether oxygens (including phenoxy) is 2. The van der Waals surface area contributed by atoms with Gasteiger partial charge >= 0.3 is 5.97 Å². The van der Waals surface area contributed by atoms with Crippen LogP contribution < -0.4 is 9.47 Å². The average molecular weight is 361 g/mol. The van der Waals surface area contributed by atoms with E-state index in [-0.39, 0.29) is 5.78 Å². The van der Waals surface area contributed by atoms with Crippen molar-refractivity contribution < 1.29 is 19.1 Å². The SMILES string of the molecule is CCCC(=O)c1ccc(OC(=O)C(C)(C)Oc2ccc(Cl)cc2)cc1. The number of carbonyl (C=O) groups excluding carboxylic acids is 2. The molecule has 0 aromatic heterocycles. The van der Waals surface area contributed by atoms with Crippen molar-refractivity contribution in [1.82, 2.24) is 0 Å². The number of carbonyl (C=O) groups is 2. The van der Waals surface area contributed by atoms with Crippen molar-refractivity contribution in [3.63, 3.8) is 0 Å². The molecule has 132 valence electrons. The number of Topliss-reactive ketones (excluding diaryl/α,β-unsaturated/α-hetero) is 1. The predicted octanol–water partition coefficient (Wildman–Crippen LogP) is 5.09. The van der Waals surface area contributed by atoms with E-state index in [1.807, 2.05) is 6.92 Å². The van der Waals surface area contributed by atoms with E-state index in [2.05, 4.69) is 0 Å². The van der Waals surface area contributed by atoms with Crippen LogP contribution in [0.15, 0.2) is 48.5 Å². The van der Waals surface area contributed by atoms with Crippen LogP contribution >= 0.6 is 11.6 Å². The maximum absolute atomic E-state index is 12.4. The Hall–Kier alpha value is -2.33. The zero-order valence-corrected chi connectivity index (χ0v) is 15.3. The largest absolute Gasteiger partial charge is 0.476 e. The molecule has 0 N–H and O–H groups in total. The van der Waals surface area contributed by atoms with Gasteiger partial charge in [0.25, 0.3) is 0 Å². The van der Waals surface area contributed by atoms with E-state index < -0.39 is 11.6 Å². The number of hydrogen-bond donors (Lipinski definition) is 0. The Morgan fingerprint density at radius 3 is 2.08 bits per heavy atom. The molecule has 2 aromatic carbocycles. The molecular formula is C20H21ClO4. The number of hydrogen-bond acceptors (Lipinski definition) is 4. The molecule has 0 radical (unpaired) electrons. The number of rotatable bonds is 7. The maximum atomic E-state index is 12.4. The topological polar surface area (TPSA) is 52.6 Å². The van der Waals surface area contributed by atoms with Gasteiger partial charge in [0.2, 0.25) is 5.60 Å². The van der Waals surface area contributed by atoms with Crippen LogP contribution in [0.25, 0.3) is 0 Å². The first-order chi connectivity index (χ1) is 11.8. The molecule has 25 heavy (non-hydrogen) atoms. The highest BCUT2D eigenvalue weighted by molar-refractivity contribution is 6.30. The summed E-state index contributed by atoms with van der Waals surface area (Å²) in [6.07, 6.45) is 1.30. The van der Waals surface area contributed by atoms with Crippen molar-refractivity contribution in [3.8, 4) is 11.5 Å². The van der Waals surface area contributed by atoms with E-state index in [0.717, 1.165) is 6.42 Å². The summed E-state index contributed by atoms with van der Waals surface area (Å²) in [7, 11) is 0. The molecule has 0 aliphatic carbocycles. The molecule has 0 aliphatic rings. The minimum atomic E-state index is -1.18. The Bertz CT molecular complexity index is 733. The third-order valence-electron chi connectivity index (χ3n) is 3.54. The lowest BCUT2D eigenvalue weighted by molar-refractivity contribution is -0.149. The lowest BCUT2D eigenvalue weighted by Crippen LogP contribution is -2.41. The maximum Gasteiger partial charge on any atom is 0.355 e. The average Bonchev–Trinajstić information content (AvgIpc) is 2.57. The van der Waals surface area contributed by atoms with E-state index in [1.165, 1.54) is 0 Å². The number of halogens is 1. The van der Waals surface area contributed by atoms with Crippen molar-refractivity contribution in [2.24, 2.45) is 0 Å². The van der Waals surface area contributed by atoms with Crippen LogP contribution in [0.1, 0.15) is 44.0 Å². The summed E-state index contributed by atoms with van der Waals surface area (Å²) >= 11 is 5.84. The monoisotopic (exact) mass is 360 g/mol. The molecule has 2 rings (SSSR count). The smallest absolute Gasteiger partial charge is 0.355 e. The quantitative estimate of drug-likeness (QED) is 0.392. The predicted molar refractivity (Wildman–Crippen MR) is 97.5 cm³/mol. The van der Waals surface area contributed by atoms with Crippen LogP contribution in [-0.4, -0.2) is 17.4 Å². The fraction of sp³-hybridized carbons (Fsp3) is 0.300. The van der Waals surface area contributed by atoms with Gasteiger partial charge in [-0.3, -0.25) is 4.79 Å². The molecular weight excluding hydrogens is 340 g/mol. The number of ketones is 1. The third kappa shape index (κ3) is 5.33. The second-order valence-electron chi connectivity index (χ2n) is 6.15. The number of esters is 1. The van der Waals surface area contributed by atoms with E-state index in [4.69, 9.17) is 21.1 Å². The molecule has 2 aromatic rings. The normalized spacial score (nSPS) is 11.0. The summed E-state index contributed by atoms with van der Waals surface area (Å²) in [5.74, 6) is 0.430. The first-order valence-corrected chi connectivity index (χ1v) is 8.50. The zero-order valence-electron chi connectivity index (χ0n) is 14.5. The molecule has 0 aliphatic heterocycles. The highest BCUT2D eigenvalue weighted by Gasteiger charge is 2.32. The molecule has 0 saturated heterocycles. The molecule has 4 nitrogen and oxygen atoms in total. The highest BCUT2D eigenvalue weighted by atomic mass is 35.5. The summed E-state index contributed by atoms with van der Waals surface area (Å²) in [6.45, 7) is 5.21. The van der Waals surface area contributed by atoms with Crippen LogP contribution in [0, 0.1) is 0 Å². The molecule has 0 heterocycles. The van der Waals surface area contributed by atoms with Crippen LogP contribution in [-0.2, 0) is 4.79 Å². The van der Waals surface area contributed by atoms with Crippen molar-refractivity contribution >= 4 is 23.4 Å². The van der Waals surface area contributed by atoms with E-state index >= 15 is 0 Å². The Morgan fingerprint density at radius 1 is 0.960 bits per heavy atom. The molecule has 0 spiro atoms. The standard InChI is InChI=1S/C20H21ClO4/c1-4-5-18(22)14-6-10-16(11-7-14)24-19(23)20(2,3)25-17-12-8-15(21)9-13-17/h6-13H,4-5H2,1-3H3. The van der Waals surface area contributed by atoms with E-state index in [1.54, 1.807) is 62.4 Å². The van der Waals surface area contributed by atoms with Gasteiger partial charge in [0.15, 0.2) is 5.78 Å². The Morgan fingerprint density at radius 2 is 1.52 bits per heavy atom. The minimum Gasteiger partial charge on any atom is -0.476 e. The molecule has 5 heteroatoms. The zero-order chi connectivity index (χ0) is 18.4. The van der Waals surface area contributed by atoms with Crippen molar-refractivity contribution in [3.05, 3.63) is 59.1 Å². The number of benzene rings is 2. The van der Waals surface area contributed by atoms with Gasteiger partial charge in [-0.2, -0.15) is 0 Å². The van der Waals surface area contributed by atoms with Gasteiger partial charge in [-0.25, -0.2) is 4.79 Å². The summed E-state index contributed by atoms with van der Waals surface area (Å²) in [5.41, 5.74) is -0.567. The van der Waals surface area contributed by atoms with Crippen molar-refractivity contribution in [2.45, 2.75) is 39.2 Å². The van der Waals surface area contributed by atoms with Crippen LogP contribution in [0.4, 0.5) is 0 Å². The molecule has 0 fully saturated rings.